The maximum atomic E-state index is 12.3. The van der Waals surface area contributed by atoms with Crippen molar-refractivity contribution in [3.05, 3.63) is 46.0 Å². The van der Waals surface area contributed by atoms with Crippen molar-refractivity contribution in [2.75, 3.05) is 0 Å². The topological polar surface area (TPSA) is 17.1 Å². The van der Waals surface area contributed by atoms with Crippen LogP contribution in [0.4, 0.5) is 0 Å². The number of carbonyl (C=O) groups is 1. The van der Waals surface area contributed by atoms with Gasteiger partial charge in [0.2, 0.25) is 0 Å². The Labute approximate surface area is 97.2 Å². The fourth-order valence-electron chi connectivity index (χ4n) is 2.32. The van der Waals surface area contributed by atoms with E-state index >= 15 is 0 Å². The van der Waals surface area contributed by atoms with E-state index in [2.05, 4.69) is 26.5 Å². The van der Waals surface area contributed by atoms with Crippen molar-refractivity contribution in [2.45, 2.75) is 34.1 Å². The van der Waals surface area contributed by atoms with Gasteiger partial charge >= 0.3 is 0 Å². The van der Waals surface area contributed by atoms with Crippen LogP contribution in [0.15, 0.2) is 18.2 Å². The van der Waals surface area contributed by atoms with E-state index in [0.29, 0.717) is 0 Å². The molecular weight excluding hydrogens is 196 g/mol. The Kier molecular flexibility index (Phi) is 2.49. The summed E-state index contributed by atoms with van der Waals surface area (Å²) < 4.78 is 0. The van der Waals surface area contributed by atoms with Crippen LogP contribution in [0.3, 0.4) is 0 Å². The third-order valence-corrected chi connectivity index (χ3v) is 3.72. The molecule has 1 aliphatic rings. The average molecular weight is 214 g/mol. The lowest BCUT2D eigenvalue weighted by molar-refractivity contribution is 0.0971. The number of ketones is 1. The van der Waals surface area contributed by atoms with Gasteiger partial charge in [-0.3, -0.25) is 4.79 Å². The first-order chi connectivity index (χ1) is 7.43. The minimum absolute atomic E-state index is 0.0968. The van der Waals surface area contributed by atoms with Gasteiger partial charge < -0.3 is 0 Å². The molecule has 1 aromatic carbocycles. The third kappa shape index (κ3) is 1.60. The van der Waals surface area contributed by atoms with Gasteiger partial charge in [0.05, 0.1) is 0 Å². The molecule has 0 saturated heterocycles. The molecule has 1 heteroatoms. The van der Waals surface area contributed by atoms with E-state index in [0.717, 1.165) is 28.7 Å². The number of hydrogen-bond acceptors (Lipinski definition) is 1. The Morgan fingerprint density at radius 3 is 2.25 bits per heavy atom. The van der Waals surface area contributed by atoms with Crippen LogP contribution in [0.25, 0.3) is 0 Å². The molecule has 0 bridgehead atoms. The average Bonchev–Trinajstić information content (AvgIpc) is 2.92. The SMILES string of the molecule is C=C1CC1C(=O)c1c(C)cc(C)c(C)c1C. The summed E-state index contributed by atoms with van der Waals surface area (Å²) >= 11 is 0. The maximum absolute atomic E-state index is 12.3. The molecule has 1 aliphatic carbocycles. The molecule has 0 spiro atoms. The minimum atomic E-state index is 0.0968. The number of carbonyl (C=O) groups excluding carboxylic acids is 1. The first-order valence-electron chi connectivity index (χ1n) is 5.72. The van der Waals surface area contributed by atoms with Gasteiger partial charge in [0, 0.05) is 11.5 Å². The molecule has 1 fully saturated rings. The van der Waals surface area contributed by atoms with Gasteiger partial charge in [0.25, 0.3) is 0 Å². The van der Waals surface area contributed by atoms with Crippen molar-refractivity contribution in [3.8, 4) is 0 Å². The largest absolute Gasteiger partial charge is 0.293 e. The number of hydrogen-bond donors (Lipinski definition) is 0. The van der Waals surface area contributed by atoms with Crippen LogP contribution in [0.5, 0.6) is 0 Å². The molecule has 0 N–H and O–H groups in total. The minimum Gasteiger partial charge on any atom is -0.293 e. The van der Waals surface area contributed by atoms with Crippen LogP contribution < -0.4 is 0 Å². The number of Topliss-reactive ketones (excluding diaryl/α,β-unsaturated/α-hetero) is 1. The monoisotopic (exact) mass is 214 g/mol. The summed E-state index contributed by atoms with van der Waals surface area (Å²) in [6, 6.07) is 2.11. The van der Waals surface area contributed by atoms with Crippen LogP contribution in [0, 0.1) is 33.6 Å². The predicted octanol–water partition coefficient (Wildman–Crippen LogP) is 3.68. The van der Waals surface area contributed by atoms with E-state index in [4.69, 9.17) is 0 Å². The quantitative estimate of drug-likeness (QED) is 0.542. The zero-order valence-electron chi connectivity index (χ0n) is 10.5. The highest BCUT2D eigenvalue weighted by Gasteiger charge is 2.36. The molecule has 1 nitrogen and oxygen atoms in total. The number of rotatable bonds is 2. The van der Waals surface area contributed by atoms with Gasteiger partial charge in [0.15, 0.2) is 5.78 Å². The molecule has 2 rings (SSSR count). The van der Waals surface area contributed by atoms with Crippen molar-refractivity contribution in [1.82, 2.24) is 0 Å². The summed E-state index contributed by atoms with van der Waals surface area (Å²) in [5.74, 6) is 0.364. The Hall–Kier alpha value is -1.37. The summed E-state index contributed by atoms with van der Waals surface area (Å²) in [7, 11) is 0. The Morgan fingerprint density at radius 2 is 1.75 bits per heavy atom. The van der Waals surface area contributed by atoms with Gasteiger partial charge in [-0.15, -0.1) is 0 Å². The molecule has 0 amide bonds. The van der Waals surface area contributed by atoms with Gasteiger partial charge in [-0.05, 0) is 56.4 Å². The van der Waals surface area contributed by atoms with Crippen molar-refractivity contribution in [2.24, 2.45) is 5.92 Å². The lowest BCUT2D eigenvalue weighted by Gasteiger charge is -2.13. The Bertz CT molecular complexity index is 495. The van der Waals surface area contributed by atoms with Crippen LogP contribution in [0.2, 0.25) is 0 Å². The smallest absolute Gasteiger partial charge is 0.170 e. The van der Waals surface area contributed by atoms with E-state index in [1.807, 2.05) is 13.8 Å². The molecule has 0 aliphatic heterocycles. The van der Waals surface area contributed by atoms with Crippen molar-refractivity contribution < 1.29 is 4.79 Å². The summed E-state index contributed by atoms with van der Waals surface area (Å²) in [5, 5.41) is 0. The molecule has 1 unspecified atom stereocenters. The first kappa shape index (κ1) is 11.1. The molecule has 84 valence electrons. The summed E-state index contributed by atoms with van der Waals surface area (Å²) in [6.45, 7) is 12.1. The summed E-state index contributed by atoms with van der Waals surface area (Å²) in [4.78, 5) is 12.3. The molecule has 16 heavy (non-hydrogen) atoms. The van der Waals surface area contributed by atoms with E-state index in [-0.39, 0.29) is 11.7 Å². The van der Waals surface area contributed by atoms with Crippen LogP contribution in [-0.2, 0) is 0 Å². The normalized spacial score (nSPS) is 18.8. The molecule has 0 radical (unpaired) electrons. The van der Waals surface area contributed by atoms with Gasteiger partial charge in [-0.1, -0.05) is 18.2 Å². The van der Waals surface area contributed by atoms with E-state index in [1.54, 1.807) is 0 Å². The van der Waals surface area contributed by atoms with E-state index in [9.17, 15) is 4.79 Å². The van der Waals surface area contributed by atoms with E-state index in [1.165, 1.54) is 11.1 Å². The lowest BCUT2D eigenvalue weighted by atomic mass is 9.90. The highest BCUT2D eigenvalue weighted by Crippen LogP contribution is 2.40. The van der Waals surface area contributed by atoms with Crippen molar-refractivity contribution in [1.29, 1.82) is 0 Å². The van der Waals surface area contributed by atoms with Crippen LogP contribution in [0.1, 0.15) is 39.0 Å². The molecular formula is C15H18O. The molecule has 0 aromatic heterocycles. The van der Waals surface area contributed by atoms with Crippen molar-refractivity contribution in [3.63, 3.8) is 0 Å². The highest BCUT2D eigenvalue weighted by molar-refractivity contribution is 6.04. The fraction of sp³-hybridized carbons (Fsp3) is 0.400. The third-order valence-electron chi connectivity index (χ3n) is 3.72. The second kappa shape index (κ2) is 3.58. The fourth-order valence-corrected chi connectivity index (χ4v) is 2.32. The second-order valence-corrected chi connectivity index (χ2v) is 4.91. The van der Waals surface area contributed by atoms with Crippen molar-refractivity contribution >= 4 is 5.78 Å². The summed E-state index contributed by atoms with van der Waals surface area (Å²) in [5.41, 5.74) is 6.75. The Balaban J connectivity index is 2.52. The predicted molar refractivity (Wildman–Crippen MR) is 67.0 cm³/mol. The first-order valence-corrected chi connectivity index (χ1v) is 5.72. The van der Waals surface area contributed by atoms with Gasteiger partial charge in [0.1, 0.15) is 0 Å². The zero-order chi connectivity index (χ0) is 12.0. The van der Waals surface area contributed by atoms with E-state index < -0.39 is 0 Å². The Morgan fingerprint density at radius 1 is 1.19 bits per heavy atom. The maximum Gasteiger partial charge on any atom is 0.170 e. The van der Waals surface area contributed by atoms with Gasteiger partial charge in [-0.2, -0.15) is 0 Å². The highest BCUT2D eigenvalue weighted by atomic mass is 16.1. The second-order valence-electron chi connectivity index (χ2n) is 4.91. The number of benzene rings is 1. The molecule has 0 heterocycles. The zero-order valence-corrected chi connectivity index (χ0v) is 10.5. The summed E-state index contributed by atoms with van der Waals surface area (Å²) in [6.07, 6.45) is 0.880. The van der Waals surface area contributed by atoms with Crippen LogP contribution in [-0.4, -0.2) is 5.78 Å². The number of allylic oxidation sites excluding steroid dienone is 1. The standard InChI is InChI=1S/C15H18O/c1-8-6-10(3)14(12(5)11(8)4)15(16)13-7-9(13)2/h6,13H,2,7H2,1,3-5H3. The van der Waals surface area contributed by atoms with Gasteiger partial charge in [-0.25, -0.2) is 0 Å². The molecule has 1 saturated carbocycles. The van der Waals surface area contributed by atoms with Crippen LogP contribution >= 0.6 is 0 Å². The molecule has 1 aromatic rings. The lowest BCUT2D eigenvalue weighted by Crippen LogP contribution is -2.09. The molecule has 1 atom stereocenters. The number of aryl methyl sites for hydroxylation is 2.